The molecule has 1 fully saturated rings. The Kier molecular flexibility index (Phi) is 7.04. The first kappa shape index (κ1) is 23.0. The molecular weight excluding hydrogens is 451 g/mol. The van der Waals surface area contributed by atoms with Crippen molar-refractivity contribution in [1.29, 1.82) is 0 Å². The zero-order valence-corrected chi connectivity index (χ0v) is 19.8. The molecule has 0 bridgehead atoms. The summed E-state index contributed by atoms with van der Waals surface area (Å²) in [6.07, 6.45) is 3.25. The second-order valence-electron chi connectivity index (χ2n) is 8.26. The fourth-order valence-corrected chi connectivity index (χ4v) is 6.57. The average Bonchev–Trinajstić information content (AvgIpc) is 3.39. The van der Waals surface area contributed by atoms with Crippen LogP contribution in [0.4, 0.5) is 4.39 Å². The average molecular weight is 479 g/mol. The Labute approximate surface area is 191 Å². The Morgan fingerprint density at radius 3 is 2.97 bits per heavy atom. The van der Waals surface area contributed by atoms with Crippen LogP contribution in [0.15, 0.2) is 39.8 Å². The fraction of sp³-hybridized carbons (Fsp3) is 0.455. The molecule has 172 valence electrons. The van der Waals surface area contributed by atoms with Crippen LogP contribution < -0.4 is 4.72 Å². The lowest BCUT2D eigenvalue weighted by Crippen LogP contribution is -2.36. The summed E-state index contributed by atoms with van der Waals surface area (Å²) in [4.78, 5) is 8.13. The van der Waals surface area contributed by atoms with Crippen LogP contribution in [0.2, 0.25) is 0 Å². The molecular formula is C22H27FN4O3S2. The molecule has 4 rings (SSSR count). The van der Waals surface area contributed by atoms with E-state index in [-0.39, 0.29) is 16.6 Å². The molecule has 2 aromatic heterocycles. The molecule has 1 aromatic carbocycles. The summed E-state index contributed by atoms with van der Waals surface area (Å²) in [6, 6.07) is 7.46. The summed E-state index contributed by atoms with van der Waals surface area (Å²) >= 11 is 1.27. The summed E-state index contributed by atoms with van der Waals surface area (Å²) in [7, 11) is -3.64. The van der Waals surface area contributed by atoms with Gasteiger partial charge in [0.1, 0.15) is 5.82 Å². The second-order valence-corrected chi connectivity index (χ2v) is 11.3. The molecule has 1 aliphatic heterocycles. The van der Waals surface area contributed by atoms with Gasteiger partial charge in [-0.25, -0.2) is 17.5 Å². The van der Waals surface area contributed by atoms with Crippen molar-refractivity contribution in [1.82, 2.24) is 19.8 Å². The standard InChI is InChI=1S/C22H27FN4O3S2/c1-15-6-4-10-27(14-15)11-5-9-24-32(28,29)20-13-19(31-16(20)2)22-25-21(26-30-22)17-7-3-8-18(23)12-17/h3,7-8,12-13,15,24H,4-6,9-11,14H2,1-2H3. The maximum absolute atomic E-state index is 13.5. The maximum atomic E-state index is 13.5. The first-order valence-electron chi connectivity index (χ1n) is 10.7. The molecule has 1 unspecified atom stereocenters. The van der Waals surface area contributed by atoms with Crippen molar-refractivity contribution in [3.8, 4) is 22.2 Å². The number of piperidine rings is 1. The first-order chi connectivity index (χ1) is 15.3. The molecule has 1 saturated heterocycles. The van der Waals surface area contributed by atoms with E-state index in [0.29, 0.717) is 27.8 Å². The van der Waals surface area contributed by atoms with Gasteiger partial charge in [0.2, 0.25) is 15.8 Å². The van der Waals surface area contributed by atoms with Crippen LogP contribution in [0.1, 0.15) is 31.1 Å². The van der Waals surface area contributed by atoms with E-state index in [2.05, 4.69) is 26.7 Å². The summed E-state index contributed by atoms with van der Waals surface area (Å²) in [5, 5.41) is 3.90. The lowest BCUT2D eigenvalue weighted by Gasteiger charge is -2.30. The van der Waals surface area contributed by atoms with Gasteiger partial charge in [-0.1, -0.05) is 24.2 Å². The molecule has 32 heavy (non-hydrogen) atoms. The van der Waals surface area contributed by atoms with Crippen LogP contribution in [0.25, 0.3) is 22.2 Å². The third-order valence-corrected chi connectivity index (χ3v) is 8.32. The monoisotopic (exact) mass is 478 g/mol. The zero-order chi connectivity index (χ0) is 22.7. The Morgan fingerprint density at radius 1 is 1.34 bits per heavy atom. The van der Waals surface area contributed by atoms with E-state index < -0.39 is 15.8 Å². The van der Waals surface area contributed by atoms with Gasteiger partial charge < -0.3 is 9.42 Å². The van der Waals surface area contributed by atoms with Crippen LogP contribution in [0.5, 0.6) is 0 Å². The third kappa shape index (κ3) is 5.43. The number of sulfonamides is 1. The Bertz CT molecular complexity index is 1180. The number of hydrogen-bond acceptors (Lipinski definition) is 7. The molecule has 1 N–H and O–H groups in total. The van der Waals surface area contributed by atoms with Gasteiger partial charge in [-0.2, -0.15) is 4.98 Å². The minimum atomic E-state index is -3.64. The quantitative estimate of drug-likeness (QED) is 0.485. The molecule has 0 aliphatic carbocycles. The molecule has 0 spiro atoms. The van der Waals surface area contributed by atoms with Gasteiger partial charge in [-0.05, 0) is 63.4 Å². The van der Waals surface area contributed by atoms with Crippen molar-refractivity contribution in [3.05, 3.63) is 41.0 Å². The number of rotatable bonds is 8. The highest BCUT2D eigenvalue weighted by atomic mass is 32.2. The molecule has 0 radical (unpaired) electrons. The van der Waals surface area contributed by atoms with Crippen LogP contribution >= 0.6 is 11.3 Å². The third-order valence-electron chi connectivity index (χ3n) is 5.57. The number of thiophene rings is 1. The number of aromatic nitrogens is 2. The van der Waals surface area contributed by atoms with Gasteiger partial charge >= 0.3 is 0 Å². The van der Waals surface area contributed by atoms with Gasteiger partial charge in [-0.3, -0.25) is 0 Å². The van der Waals surface area contributed by atoms with E-state index in [0.717, 1.165) is 26.1 Å². The van der Waals surface area contributed by atoms with E-state index in [9.17, 15) is 12.8 Å². The van der Waals surface area contributed by atoms with Crippen molar-refractivity contribution in [2.24, 2.45) is 5.92 Å². The van der Waals surface area contributed by atoms with Crippen molar-refractivity contribution in [2.45, 2.75) is 38.0 Å². The van der Waals surface area contributed by atoms with Crippen LogP contribution in [0, 0.1) is 18.7 Å². The molecule has 0 amide bonds. The number of halogens is 1. The molecule has 0 saturated carbocycles. The van der Waals surface area contributed by atoms with E-state index in [1.165, 1.54) is 36.3 Å². The Balaban J connectivity index is 1.40. The summed E-state index contributed by atoms with van der Waals surface area (Å²) in [5.41, 5.74) is 0.492. The van der Waals surface area contributed by atoms with Gasteiger partial charge in [0.15, 0.2) is 0 Å². The lowest BCUT2D eigenvalue weighted by atomic mass is 10.0. The lowest BCUT2D eigenvalue weighted by molar-refractivity contribution is 0.182. The summed E-state index contributed by atoms with van der Waals surface area (Å²) in [5.74, 6) is 0.770. The highest BCUT2D eigenvalue weighted by Crippen LogP contribution is 2.33. The van der Waals surface area contributed by atoms with E-state index in [1.807, 2.05) is 0 Å². The highest BCUT2D eigenvalue weighted by Gasteiger charge is 2.23. The minimum Gasteiger partial charge on any atom is -0.333 e. The smallest absolute Gasteiger partial charge is 0.268 e. The highest BCUT2D eigenvalue weighted by molar-refractivity contribution is 7.89. The number of benzene rings is 1. The SMILES string of the molecule is Cc1sc(-c2nc(-c3cccc(F)c3)no2)cc1S(=O)(=O)NCCCN1CCCC(C)C1. The van der Waals surface area contributed by atoms with Crippen LogP contribution in [-0.2, 0) is 10.0 Å². The topological polar surface area (TPSA) is 88.3 Å². The van der Waals surface area contributed by atoms with E-state index in [4.69, 9.17) is 4.52 Å². The number of likely N-dealkylation sites (tertiary alicyclic amines) is 1. The van der Waals surface area contributed by atoms with Gasteiger partial charge in [0, 0.05) is 23.5 Å². The molecule has 7 nitrogen and oxygen atoms in total. The fourth-order valence-electron chi connectivity index (χ4n) is 3.98. The number of aryl methyl sites for hydroxylation is 1. The zero-order valence-electron chi connectivity index (χ0n) is 18.2. The van der Waals surface area contributed by atoms with E-state index >= 15 is 0 Å². The summed E-state index contributed by atoms with van der Waals surface area (Å²) in [6.45, 7) is 7.47. The largest absolute Gasteiger partial charge is 0.333 e. The molecule has 1 aliphatic rings. The Morgan fingerprint density at radius 2 is 2.19 bits per heavy atom. The van der Waals surface area contributed by atoms with Crippen molar-refractivity contribution in [2.75, 3.05) is 26.2 Å². The predicted molar refractivity (Wildman–Crippen MR) is 122 cm³/mol. The van der Waals surface area contributed by atoms with Crippen LogP contribution in [-0.4, -0.2) is 49.6 Å². The number of nitrogens with zero attached hydrogens (tertiary/aromatic N) is 3. The summed E-state index contributed by atoms with van der Waals surface area (Å²) < 4.78 is 47.2. The number of nitrogens with one attached hydrogen (secondary N) is 1. The maximum Gasteiger partial charge on any atom is 0.268 e. The van der Waals surface area contributed by atoms with Gasteiger partial charge in [-0.15, -0.1) is 11.3 Å². The normalized spacial score (nSPS) is 17.7. The molecule has 3 aromatic rings. The first-order valence-corrected chi connectivity index (χ1v) is 13.0. The molecule has 3 heterocycles. The van der Waals surface area contributed by atoms with Crippen molar-refractivity contribution >= 4 is 21.4 Å². The van der Waals surface area contributed by atoms with Gasteiger partial charge in [0.05, 0.1) is 9.77 Å². The van der Waals surface area contributed by atoms with Gasteiger partial charge in [0.25, 0.3) is 5.89 Å². The number of hydrogen-bond donors (Lipinski definition) is 1. The Hall–Kier alpha value is -2.14. The van der Waals surface area contributed by atoms with Crippen LogP contribution in [0.3, 0.4) is 0 Å². The van der Waals surface area contributed by atoms with E-state index in [1.54, 1.807) is 25.1 Å². The second kappa shape index (κ2) is 9.78. The minimum absolute atomic E-state index is 0.207. The van der Waals surface area contributed by atoms with Crippen molar-refractivity contribution in [3.63, 3.8) is 0 Å². The van der Waals surface area contributed by atoms with Crippen molar-refractivity contribution < 1.29 is 17.3 Å². The molecule has 10 heteroatoms. The molecule has 1 atom stereocenters. The predicted octanol–water partition coefficient (Wildman–Crippen LogP) is 4.31.